The minimum absolute atomic E-state index is 0.0341. The highest BCUT2D eigenvalue weighted by molar-refractivity contribution is 6.76. The largest absolute Gasteiger partial charge is 0.287 e. The van der Waals surface area contributed by atoms with Crippen molar-refractivity contribution in [2.45, 2.75) is 52.0 Å². The summed E-state index contributed by atoms with van der Waals surface area (Å²) < 4.78 is 0. The van der Waals surface area contributed by atoms with Crippen molar-refractivity contribution in [3.8, 4) is 0 Å². The standard InChI is InChI=1S/C13H25NSi/c1-13(2,3)14-11-9-7-8-10-12-15(4,5)6/h7-11H,12H2,1-6H3/b9-7+,10-8+,14-11?. The third kappa shape index (κ3) is 13.4. The summed E-state index contributed by atoms with van der Waals surface area (Å²) in [5.41, 5.74) is 0.0341. The molecule has 0 aromatic carbocycles. The van der Waals surface area contributed by atoms with Crippen LogP contribution in [0, 0.1) is 0 Å². The highest BCUT2D eigenvalue weighted by Gasteiger charge is 2.08. The van der Waals surface area contributed by atoms with Gasteiger partial charge in [-0.1, -0.05) is 37.9 Å². The molecule has 15 heavy (non-hydrogen) atoms. The van der Waals surface area contributed by atoms with E-state index in [-0.39, 0.29) is 5.54 Å². The lowest BCUT2D eigenvalue weighted by Crippen LogP contribution is -2.17. The van der Waals surface area contributed by atoms with Gasteiger partial charge in [0.1, 0.15) is 0 Å². The van der Waals surface area contributed by atoms with Gasteiger partial charge in [-0.3, -0.25) is 4.99 Å². The van der Waals surface area contributed by atoms with Gasteiger partial charge >= 0.3 is 0 Å². The molecule has 0 fully saturated rings. The second-order valence-electron chi connectivity index (χ2n) is 6.03. The number of allylic oxidation sites excluding steroid dienone is 4. The molecule has 0 aromatic heterocycles. The molecule has 1 nitrogen and oxygen atoms in total. The topological polar surface area (TPSA) is 12.4 Å². The van der Waals surface area contributed by atoms with E-state index < -0.39 is 8.07 Å². The van der Waals surface area contributed by atoms with Crippen molar-refractivity contribution in [1.82, 2.24) is 0 Å². The number of nitrogens with zero attached hydrogens (tertiary/aromatic N) is 1. The third-order valence-electron chi connectivity index (χ3n) is 1.64. The van der Waals surface area contributed by atoms with Gasteiger partial charge in [-0.2, -0.15) is 0 Å². The van der Waals surface area contributed by atoms with Gasteiger partial charge in [0.2, 0.25) is 0 Å². The Morgan fingerprint density at radius 3 is 2.07 bits per heavy atom. The Morgan fingerprint density at radius 1 is 1.00 bits per heavy atom. The molecular formula is C13H25NSi. The van der Waals surface area contributed by atoms with Crippen molar-refractivity contribution in [3.05, 3.63) is 24.3 Å². The van der Waals surface area contributed by atoms with Gasteiger partial charge in [-0.05, 0) is 32.9 Å². The van der Waals surface area contributed by atoms with E-state index in [0.29, 0.717) is 0 Å². The first-order chi connectivity index (χ1) is 6.71. The molecule has 0 bridgehead atoms. The zero-order valence-electron chi connectivity index (χ0n) is 11.0. The van der Waals surface area contributed by atoms with Gasteiger partial charge in [-0.15, -0.1) is 0 Å². The van der Waals surface area contributed by atoms with E-state index in [2.05, 4.69) is 63.6 Å². The van der Waals surface area contributed by atoms with Gasteiger partial charge in [0.15, 0.2) is 0 Å². The summed E-state index contributed by atoms with van der Waals surface area (Å²) in [4.78, 5) is 4.37. The molecular weight excluding hydrogens is 198 g/mol. The van der Waals surface area contributed by atoms with Crippen molar-refractivity contribution in [3.63, 3.8) is 0 Å². The van der Waals surface area contributed by atoms with Gasteiger partial charge in [0.05, 0.1) is 5.54 Å². The average molecular weight is 223 g/mol. The maximum Gasteiger partial charge on any atom is 0.0524 e. The first-order valence-corrected chi connectivity index (χ1v) is 9.28. The number of hydrogen-bond donors (Lipinski definition) is 0. The maximum atomic E-state index is 4.37. The molecule has 0 atom stereocenters. The Balaban J connectivity index is 3.87. The Morgan fingerprint density at radius 2 is 1.60 bits per heavy atom. The lowest BCUT2D eigenvalue weighted by atomic mass is 10.1. The van der Waals surface area contributed by atoms with Crippen molar-refractivity contribution in [1.29, 1.82) is 0 Å². The molecule has 0 saturated heterocycles. The Kier molecular flexibility index (Phi) is 5.80. The smallest absolute Gasteiger partial charge is 0.0524 e. The SMILES string of the molecule is CC(C)(C)N=C/C=C/C=C/C[Si](C)(C)C. The number of aliphatic imine (C=N–C) groups is 1. The summed E-state index contributed by atoms with van der Waals surface area (Å²) in [5.74, 6) is 0. The van der Waals surface area contributed by atoms with E-state index in [1.54, 1.807) is 0 Å². The van der Waals surface area contributed by atoms with Crippen LogP contribution >= 0.6 is 0 Å². The van der Waals surface area contributed by atoms with E-state index in [1.165, 1.54) is 6.04 Å². The van der Waals surface area contributed by atoms with Crippen LogP contribution in [-0.4, -0.2) is 19.8 Å². The van der Waals surface area contributed by atoms with Crippen LogP contribution in [0.3, 0.4) is 0 Å². The first kappa shape index (κ1) is 14.4. The summed E-state index contributed by atoms with van der Waals surface area (Å²) in [6, 6.07) is 1.24. The molecule has 0 unspecified atom stereocenters. The maximum absolute atomic E-state index is 4.37. The molecule has 0 rings (SSSR count). The molecule has 0 aliphatic heterocycles. The molecule has 0 N–H and O–H groups in total. The second-order valence-corrected chi connectivity index (χ2v) is 11.6. The lowest BCUT2D eigenvalue weighted by Gasteiger charge is -2.11. The van der Waals surface area contributed by atoms with Crippen LogP contribution in [0.25, 0.3) is 0 Å². The van der Waals surface area contributed by atoms with Crippen LogP contribution in [0.1, 0.15) is 20.8 Å². The van der Waals surface area contributed by atoms with E-state index in [9.17, 15) is 0 Å². The highest BCUT2D eigenvalue weighted by Crippen LogP contribution is 2.08. The van der Waals surface area contributed by atoms with Crippen LogP contribution in [-0.2, 0) is 0 Å². The predicted octanol–water partition coefficient (Wildman–Crippen LogP) is 4.31. The van der Waals surface area contributed by atoms with Crippen molar-refractivity contribution in [2.24, 2.45) is 4.99 Å². The van der Waals surface area contributed by atoms with Crippen LogP contribution in [0.2, 0.25) is 25.7 Å². The van der Waals surface area contributed by atoms with Gasteiger partial charge in [-0.25, -0.2) is 0 Å². The monoisotopic (exact) mass is 223 g/mol. The van der Waals surface area contributed by atoms with Crippen molar-refractivity contribution < 1.29 is 0 Å². The van der Waals surface area contributed by atoms with Gasteiger partial charge in [0, 0.05) is 14.3 Å². The normalized spacial score (nSPS) is 14.8. The molecule has 0 aliphatic rings. The quantitative estimate of drug-likeness (QED) is 0.383. The predicted molar refractivity (Wildman–Crippen MR) is 74.7 cm³/mol. The summed E-state index contributed by atoms with van der Waals surface area (Å²) in [6.07, 6.45) is 10.3. The second kappa shape index (κ2) is 6.06. The third-order valence-corrected chi connectivity index (χ3v) is 3.10. The minimum Gasteiger partial charge on any atom is -0.287 e. The van der Waals surface area contributed by atoms with E-state index in [1.807, 2.05) is 12.3 Å². The molecule has 0 heterocycles. The van der Waals surface area contributed by atoms with Crippen LogP contribution < -0.4 is 0 Å². The molecule has 86 valence electrons. The zero-order valence-corrected chi connectivity index (χ0v) is 12.0. The van der Waals surface area contributed by atoms with Crippen molar-refractivity contribution in [2.75, 3.05) is 0 Å². The van der Waals surface area contributed by atoms with Crippen molar-refractivity contribution >= 4 is 14.3 Å². The minimum atomic E-state index is -0.910. The van der Waals surface area contributed by atoms with Crippen LogP contribution in [0.4, 0.5) is 0 Å². The zero-order chi connectivity index (χ0) is 11.9. The molecule has 0 amide bonds. The molecule has 0 aromatic rings. The summed E-state index contributed by atoms with van der Waals surface area (Å²) in [5, 5.41) is 0. The summed E-state index contributed by atoms with van der Waals surface area (Å²) in [7, 11) is -0.910. The fourth-order valence-corrected chi connectivity index (χ4v) is 1.72. The van der Waals surface area contributed by atoms with Crippen LogP contribution in [0.5, 0.6) is 0 Å². The highest BCUT2D eigenvalue weighted by atomic mass is 28.3. The molecule has 0 radical (unpaired) electrons. The van der Waals surface area contributed by atoms with E-state index in [4.69, 9.17) is 0 Å². The molecule has 0 aliphatic carbocycles. The molecule has 0 spiro atoms. The Bertz CT molecular complexity index is 249. The number of hydrogen-bond acceptors (Lipinski definition) is 1. The molecule has 2 heteroatoms. The number of rotatable bonds is 4. The fourth-order valence-electron chi connectivity index (χ4n) is 0.881. The van der Waals surface area contributed by atoms with Gasteiger partial charge in [0.25, 0.3) is 0 Å². The Labute approximate surface area is 96.0 Å². The van der Waals surface area contributed by atoms with E-state index >= 15 is 0 Å². The van der Waals surface area contributed by atoms with Gasteiger partial charge < -0.3 is 0 Å². The molecule has 0 saturated carbocycles. The fraction of sp³-hybridized carbons (Fsp3) is 0.615. The average Bonchev–Trinajstić information content (AvgIpc) is 1.98. The van der Waals surface area contributed by atoms with E-state index in [0.717, 1.165) is 0 Å². The van der Waals surface area contributed by atoms with Crippen LogP contribution in [0.15, 0.2) is 29.3 Å². The Hall–Kier alpha value is -0.633. The lowest BCUT2D eigenvalue weighted by molar-refractivity contribution is 0.587. The summed E-state index contributed by atoms with van der Waals surface area (Å²) >= 11 is 0. The summed E-state index contributed by atoms with van der Waals surface area (Å²) in [6.45, 7) is 13.4. The first-order valence-electron chi connectivity index (χ1n) is 5.58.